The molecule has 1 aromatic carbocycles. The topological polar surface area (TPSA) is 15.3 Å². The van der Waals surface area contributed by atoms with E-state index < -0.39 is 0 Å². The summed E-state index contributed by atoms with van der Waals surface area (Å²) in [4.78, 5) is 2.55. The molecule has 2 nitrogen and oxygen atoms in total. The SMILES string of the molecule is CCCNCc1ccc(N2CCC(C)CC2C)cc1Br. The molecule has 2 unspecified atom stereocenters. The second-order valence-electron chi connectivity index (χ2n) is 6.12. The van der Waals surface area contributed by atoms with Gasteiger partial charge in [-0.25, -0.2) is 0 Å². The lowest BCUT2D eigenvalue weighted by Crippen LogP contribution is -2.40. The van der Waals surface area contributed by atoms with Gasteiger partial charge in [-0.05, 0) is 56.3 Å². The molecule has 3 heteroatoms. The molecule has 1 fully saturated rings. The van der Waals surface area contributed by atoms with Crippen molar-refractivity contribution in [2.75, 3.05) is 18.0 Å². The van der Waals surface area contributed by atoms with Gasteiger partial charge in [0.15, 0.2) is 0 Å². The van der Waals surface area contributed by atoms with Crippen molar-refractivity contribution in [2.24, 2.45) is 5.92 Å². The molecule has 1 aliphatic rings. The van der Waals surface area contributed by atoms with Gasteiger partial charge in [-0.15, -0.1) is 0 Å². The fourth-order valence-corrected chi connectivity index (χ4v) is 3.56. The number of hydrogen-bond acceptors (Lipinski definition) is 2. The first-order valence-corrected chi connectivity index (χ1v) is 8.67. The van der Waals surface area contributed by atoms with Gasteiger partial charge in [-0.3, -0.25) is 0 Å². The molecule has 0 bridgehead atoms. The summed E-state index contributed by atoms with van der Waals surface area (Å²) >= 11 is 3.73. The monoisotopic (exact) mass is 338 g/mol. The Kier molecular flexibility index (Phi) is 5.91. The summed E-state index contributed by atoms with van der Waals surface area (Å²) in [5, 5.41) is 3.46. The molecule has 1 aliphatic heterocycles. The summed E-state index contributed by atoms with van der Waals surface area (Å²) < 4.78 is 1.23. The zero-order valence-electron chi connectivity index (χ0n) is 13.0. The molecule has 0 saturated carbocycles. The third-order valence-electron chi connectivity index (χ3n) is 4.25. The molecule has 1 N–H and O–H groups in total. The first-order chi connectivity index (χ1) is 9.61. The molecule has 0 amide bonds. The third kappa shape index (κ3) is 3.98. The van der Waals surface area contributed by atoms with Gasteiger partial charge >= 0.3 is 0 Å². The van der Waals surface area contributed by atoms with Gasteiger partial charge in [0, 0.05) is 29.3 Å². The maximum atomic E-state index is 3.73. The molecule has 0 aliphatic carbocycles. The summed E-state index contributed by atoms with van der Waals surface area (Å²) in [7, 11) is 0. The first kappa shape index (κ1) is 15.8. The summed E-state index contributed by atoms with van der Waals surface area (Å²) in [6, 6.07) is 7.47. The minimum absolute atomic E-state index is 0.648. The average molecular weight is 339 g/mol. The van der Waals surface area contributed by atoms with Gasteiger partial charge in [0.05, 0.1) is 0 Å². The molecule has 112 valence electrons. The Labute approximate surface area is 132 Å². The van der Waals surface area contributed by atoms with Crippen molar-refractivity contribution in [1.29, 1.82) is 0 Å². The second kappa shape index (κ2) is 7.46. The van der Waals surface area contributed by atoms with Crippen molar-refractivity contribution in [3.8, 4) is 0 Å². The molecule has 0 spiro atoms. The number of benzene rings is 1. The van der Waals surface area contributed by atoms with E-state index in [1.165, 1.54) is 41.5 Å². The quantitative estimate of drug-likeness (QED) is 0.791. The predicted molar refractivity (Wildman–Crippen MR) is 91.3 cm³/mol. The summed E-state index contributed by atoms with van der Waals surface area (Å²) in [6.07, 6.45) is 3.79. The summed E-state index contributed by atoms with van der Waals surface area (Å²) in [5.41, 5.74) is 2.70. The van der Waals surface area contributed by atoms with E-state index in [0.717, 1.165) is 19.0 Å². The number of hydrogen-bond donors (Lipinski definition) is 1. The van der Waals surface area contributed by atoms with Crippen LogP contribution in [0, 0.1) is 5.92 Å². The molecule has 2 rings (SSSR count). The number of nitrogens with one attached hydrogen (secondary N) is 1. The third-order valence-corrected chi connectivity index (χ3v) is 4.99. The number of piperidine rings is 1. The number of rotatable bonds is 5. The van der Waals surface area contributed by atoms with Gasteiger partial charge < -0.3 is 10.2 Å². The lowest BCUT2D eigenvalue weighted by molar-refractivity contribution is 0.378. The van der Waals surface area contributed by atoms with Gasteiger partial charge in [0.25, 0.3) is 0 Å². The van der Waals surface area contributed by atoms with Crippen LogP contribution in [-0.2, 0) is 6.54 Å². The molecule has 20 heavy (non-hydrogen) atoms. The van der Waals surface area contributed by atoms with Crippen LogP contribution < -0.4 is 10.2 Å². The predicted octanol–water partition coefficient (Wildman–Crippen LogP) is 4.57. The molecular formula is C17H27BrN2. The minimum atomic E-state index is 0.648. The van der Waals surface area contributed by atoms with Crippen LogP contribution >= 0.6 is 15.9 Å². The second-order valence-corrected chi connectivity index (χ2v) is 6.98. The Morgan fingerprint density at radius 2 is 2.15 bits per heavy atom. The van der Waals surface area contributed by atoms with Crippen LogP contribution in [0.15, 0.2) is 22.7 Å². The molecule has 1 aromatic rings. The lowest BCUT2D eigenvalue weighted by Gasteiger charge is -2.38. The van der Waals surface area contributed by atoms with Gasteiger partial charge in [0.1, 0.15) is 0 Å². The highest BCUT2D eigenvalue weighted by Gasteiger charge is 2.23. The Bertz CT molecular complexity index is 433. The van der Waals surface area contributed by atoms with Crippen LogP contribution in [-0.4, -0.2) is 19.1 Å². The highest BCUT2D eigenvalue weighted by molar-refractivity contribution is 9.10. The van der Waals surface area contributed by atoms with Crippen molar-refractivity contribution in [3.63, 3.8) is 0 Å². The zero-order valence-corrected chi connectivity index (χ0v) is 14.5. The van der Waals surface area contributed by atoms with E-state index in [1.807, 2.05) is 0 Å². The van der Waals surface area contributed by atoms with Gasteiger partial charge in [-0.2, -0.15) is 0 Å². The fraction of sp³-hybridized carbons (Fsp3) is 0.647. The molecule has 1 heterocycles. The van der Waals surface area contributed by atoms with Crippen molar-refractivity contribution >= 4 is 21.6 Å². The molecule has 2 atom stereocenters. The van der Waals surface area contributed by atoms with E-state index in [1.54, 1.807) is 0 Å². The summed E-state index contributed by atoms with van der Waals surface area (Å²) in [5.74, 6) is 0.863. The highest BCUT2D eigenvalue weighted by atomic mass is 79.9. The van der Waals surface area contributed by atoms with E-state index >= 15 is 0 Å². The Hall–Kier alpha value is -0.540. The van der Waals surface area contributed by atoms with Gasteiger partial charge in [-0.1, -0.05) is 35.8 Å². The molecule has 0 aromatic heterocycles. The maximum Gasteiger partial charge on any atom is 0.0380 e. The Morgan fingerprint density at radius 1 is 1.35 bits per heavy atom. The van der Waals surface area contributed by atoms with Crippen LogP contribution in [0.2, 0.25) is 0 Å². The maximum absolute atomic E-state index is 3.73. The first-order valence-electron chi connectivity index (χ1n) is 7.87. The largest absolute Gasteiger partial charge is 0.369 e. The minimum Gasteiger partial charge on any atom is -0.369 e. The normalized spacial score (nSPS) is 23.1. The standard InChI is InChI=1S/C17H27BrN2/c1-4-8-19-12-15-5-6-16(11-17(15)18)20-9-7-13(2)10-14(20)3/h5-6,11,13-14,19H,4,7-10,12H2,1-3H3. The van der Waals surface area contributed by atoms with Crippen molar-refractivity contribution in [3.05, 3.63) is 28.2 Å². The number of anilines is 1. The zero-order chi connectivity index (χ0) is 14.5. The molecular weight excluding hydrogens is 312 g/mol. The average Bonchev–Trinajstić information content (AvgIpc) is 2.41. The molecule has 0 radical (unpaired) electrons. The lowest BCUT2D eigenvalue weighted by atomic mass is 9.93. The van der Waals surface area contributed by atoms with E-state index in [4.69, 9.17) is 0 Å². The highest BCUT2D eigenvalue weighted by Crippen LogP contribution is 2.30. The Morgan fingerprint density at radius 3 is 2.80 bits per heavy atom. The number of halogens is 1. The smallest absolute Gasteiger partial charge is 0.0380 e. The summed E-state index contributed by atoms with van der Waals surface area (Å²) in [6.45, 7) is 10.1. The fourth-order valence-electron chi connectivity index (χ4n) is 3.05. The van der Waals surface area contributed by atoms with Crippen LogP contribution in [0.5, 0.6) is 0 Å². The van der Waals surface area contributed by atoms with Gasteiger partial charge in [0.2, 0.25) is 0 Å². The van der Waals surface area contributed by atoms with Crippen LogP contribution in [0.25, 0.3) is 0 Å². The van der Waals surface area contributed by atoms with Crippen molar-refractivity contribution < 1.29 is 0 Å². The van der Waals surface area contributed by atoms with E-state index in [2.05, 4.69) is 65.1 Å². The number of nitrogens with zero attached hydrogens (tertiary/aromatic N) is 1. The van der Waals surface area contributed by atoms with Crippen LogP contribution in [0.3, 0.4) is 0 Å². The molecule has 1 saturated heterocycles. The van der Waals surface area contributed by atoms with E-state index in [0.29, 0.717) is 6.04 Å². The van der Waals surface area contributed by atoms with Crippen LogP contribution in [0.1, 0.15) is 45.6 Å². The van der Waals surface area contributed by atoms with E-state index in [9.17, 15) is 0 Å². The van der Waals surface area contributed by atoms with Crippen LogP contribution in [0.4, 0.5) is 5.69 Å². The Balaban J connectivity index is 2.04. The van der Waals surface area contributed by atoms with Crippen molar-refractivity contribution in [1.82, 2.24) is 5.32 Å². The van der Waals surface area contributed by atoms with Crippen molar-refractivity contribution in [2.45, 2.75) is 52.6 Å². The van der Waals surface area contributed by atoms with E-state index in [-0.39, 0.29) is 0 Å².